The first kappa shape index (κ1) is 19.5. The number of amides is 1. The van der Waals surface area contributed by atoms with Gasteiger partial charge in [0.1, 0.15) is 5.75 Å². The third-order valence-corrected chi connectivity index (χ3v) is 5.34. The number of carbonyl (C=O) groups is 2. The molecule has 3 aromatic carbocycles. The van der Waals surface area contributed by atoms with Crippen LogP contribution < -0.4 is 10.1 Å². The highest BCUT2D eigenvalue weighted by atomic mass is 79.9. The van der Waals surface area contributed by atoms with Gasteiger partial charge in [0.05, 0.1) is 38.4 Å². The molecule has 0 radical (unpaired) electrons. The van der Waals surface area contributed by atoms with Crippen molar-refractivity contribution in [2.24, 2.45) is 0 Å². The van der Waals surface area contributed by atoms with Crippen molar-refractivity contribution >= 4 is 67.5 Å². The number of carbonyl (C=O) groups excluding carboxylic acids is 1. The molecule has 3 rings (SSSR count). The van der Waals surface area contributed by atoms with Crippen LogP contribution in [0.4, 0.5) is 5.69 Å². The zero-order valence-electron chi connectivity index (χ0n) is 13.8. The van der Waals surface area contributed by atoms with E-state index in [1.165, 1.54) is 19.2 Å². The number of ether oxygens (including phenoxy) is 1. The van der Waals surface area contributed by atoms with Gasteiger partial charge in [0.2, 0.25) is 0 Å². The molecule has 0 spiro atoms. The van der Waals surface area contributed by atoms with Crippen LogP contribution in [0.2, 0.25) is 10.0 Å². The zero-order chi connectivity index (χ0) is 19.7. The minimum atomic E-state index is -1.22. The monoisotopic (exact) mass is 467 g/mol. The van der Waals surface area contributed by atoms with Gasteiger partial charge in [-0.25, -0.2) is 4.79 Å². The van der Waals surface area contributed by atoms with Crippen molar-refractivity contribution in [1.29, 1.82) is 0 Å². The normalized spacial score (nSPS) is 10.7. The first-order chi connectivity index (χ1) is 12.8. The molecule has 0 unspecified atom stereocenters. The first-order valence-corrected chi connectivity index (χ1v) is 9.17. The Labute approximate surface area is 173 Å². The average Bonchev–Trinajstić information content (AvgIpc) is 2.63. The molecular formula is C19H12BrCl2NO4. The first-order valence-electron chi connectivity index (χ1n) is 7.62. The number of nitrogens with one attached hydrogen (secondary N) is 1. The minimum Gasteiger partial charge on any atom is -0.495 e. The molecule has 0 heterocycles. The van der Waals surface area contributed by atoms with Crippen molar-refractivity contribution in [3.8, 4) is 5.75 Å². The molecule has 0 saturated heterocycles. The average molecular weight is 469 g/mol. The quantitative estimate of drug-likeness (QED) is 0.502. The SMILES string of the molecule is COc1c(C(=O)Nc2cc(C(=O)O)c(Cl)cc2Cl)cc2ccccc2c1Br. The van der Waals surface area contributed by atoms with Crippen LogP contribution in [0.15, 0.2) is 46.9 Å². The molecule has 0 aliphatic carbocycles. The van der Waals surface area contributed by atoms with Crippen LogP contribution >= 0.6 is 39.1 Å². The van der Waals surface area contributed by atoms with Crippen LogP contribution in [0.1, 0.15) is 20.7 Å². The number of carboxylic acids is 1. The van der Waals surface area contributed by atoms with Crippen molar-refractivity contribution in [2.75, 3.05) is 12.4 Å². The topological polar surface area (TPSA) is 75.6 Å². The number of hydrogen-bond donors (Lipinski definition) is 2. The third-order valence-electron chi connectivity index (χ3n) is 3.93. The van der Waals surface area contributed by atoms with E-state index in [0.29, 0.717) is 10.2 Å². The van der Waals surface area contributed by atoms with Crippen LogP contribution in [-0.2, 0) is 0 Å². The lowest BCUT2D eigenvalue weighted by Crippen LogP contribution is -2.14. The van der Waals surface area contributed by atoms with Gasteiger partial charge in [-0.3, -0.25) is 4.79 Å². The summed E-state index contributed by atoms with van der Waals surface area (Å²) in [6.45, 7) is 0. The molecular weight excluding hydrogens is 457 g/mol. The number of anilines is 1. The fourth-order valence-corrected chi connectivity index (χ4v) is 3.90. The van der Waals surface area contributed by atoms with Gasteiger partial charge in [-0.2, -0.15) is 0 Å². The highest BCUT2D eigenvalue weighted by Crippen LogP contribution is 2.37. The van der Waals surface area contributed by atoms with Gasteiger partial charge >= 0.3 is 5.97 Å². The Hall–Kier alpha value is -2.28. The molecule has 5 nitrogen and oxygen atoms in total. The number of fused-ring (bicyclic) bond motifs is 1. The van der Waals surface area contributed by atoms with Gasteiger partial charge in [-0.05, 0) is 44.9 Å². The molecule has 2 N–H and O–H groups in total. The second kappa shape index (κ2) is 7.76. The maximum Gasteiger partial charge on any atom is 0.337 e. The predicted octanol–water partition coefficient (Wildman–Crippen LogP) is 5.87. The Balaban J connectivity index is 2.07. The molecule has 1 amide bonds. The number of methoxy groups -OCH3 is 1. The lowest BCUT2D eigenvalue weighted by molar-refractivity contribution is 0.0696. The number of halogens is 3. The Morgan fingerprint density at radius 2 is 1.78 bits per heavy atom. The smallest absolute Gasteiger partial charge is 0.337 e. The summed E-state index contributed by atoms with van der Waals surface area (Å²) < 4.78 is 6.04. The molecule has 3 aromatic rings. The highest BCUT2D eigenvalue weighted by Gasteiger charge is 2.20. The summed E-state index contributed by atoms with van der Waals surface area (Å²) in [4.78, 5) is 24.1. The van der Waals surface area contributed by atoms with E-state index in [-0.39, 0.29) is 26.9 Å². The second-order valence-electron chi connectivity index (χ2n) is 5.56. The summed E-state index contributed by atoms with van der Waals surface area (Å²) in [6.07, 6.45) is 0. The highest BCUT2D eigenvalue weighted by molar-refractivity contribution is 9.10. The second-order valence-corrected chi connectivity index (χ2v) is 7.17. The number of benzene rings is 3. The van der Waals surface area contributed by atoms with Gasteiger partial charge in [0.25, 0.3) is 5.91 Å². The fourth-order valence-electron chi connectivity index (χ4n) is 2.65. The molecule has 0 fully saturated rings. The van der Waals surface area contributed by atoms with Crippen LogP contribution in [0, 0.1) is 0 Å². The maximum atomic E-state index is 12.9. The molecule has 27 heavy (non-hydrogen) atoms. The van der Waals surface area contributed by atoms with E-state index in [2.05, 4.69) is 21.2 Å². The van der Waals surface area contributed by atoms with Gasteiger partial charge < -0.3 is 15.2 Å². The largest absolute Gasteiger partial charge is 0.495 e. The Morgan fingerprint density at radius 3 is 2.44 bits per heavy atom. The van der Waals surface area contributed by atoms with E-state index in [1.807, 2.05) is 24.3 Å². The Bertz CT molecular complexity index is 1080. The lowest BCUT2D eigenvalue weighted by atomic mass is 10.0. The zero-order valence-corrected chi connectivity index (χ0v) is 16.9. The van der Waals surface area contributed by atoms with Gasteiger partial charge in [0.15, 0.2) is 0 Å². The summed E-state index contributed by atoms with van der Waals surface area (Å²) in [6, 6.07) is 11.7. The van der Waals surface area contributed by atoms with E-state index in [9.17, 15) is 14.7 Å². The summed E-state index contributed by atoms with van der Waals surface area (Å²) in [5.41, 5.74) is 0.240. The fraction of sp³-hybridized carbons (Fsp3) is 0.0526. The molecule has 0 atom stereocenters. The number of carboxylic acid groups (broad SMARTS) is 1. The minimum absolute atomic E-state index is 0.0171. The van der Waals surface area contributed by atoms with Crippen LogP contribution in [-0.4, -0.2) is 24.1 Å². The van der Waals surface area contributed by atoms with E-state index in [0.717, 1.165) is 10.8 Å². The standard InChI is InChI=1S/C19H12BrCl2NO4/c1-27-17-12(6-9-4-2-3-5-10(9)16(17)20)18(24)23-15-7-11(19(25)26)13(21)8-14(15)22/h2-8H,1H3,(H,23,24)(H,25,26). The lowest BCUT2D eigenvalue weighted by Gasteiger charge is -2.14. The molecule has 8 heteroatoms. The van der Waals surface area contributed by atoms with Gasteiger partial charge in [-0.1, -0.05) is 47.5 Å². The third kappa shape index (κ3) is 3.74. The maximum absolute atomic E-state index is 12.9. The van der Waals surface area contributed by atoms with E-state index >= 15 is 0 Å². The summed E-state index contributed by atoms with van der Waals surface area (Å²) >= 11 is 15.5. The van der Waals surface area contributed by atoms with E-state index < -0.39 is 11.9 Å². The summed E-state index contributed by atoms with van der Waals surface area (Å²) in [5, 5.41) is 13.7. The summed E-state index contributed by atoms with van der Waals surface area (Å²) in [5.74, 6) is -1.37. The Kier molecular flexibility index (Phi) is 5.60. The van der Waals surface area contributed by atoms with Crippen molar-refractivity contribution < 1.29 is 19.4 Å². The van der Waals surface area contributed by atoms with E-state index in [1.54, 1.807) is 6.07 Å². The van der Waals surface area contributed by atoms with Crippen LogP contribution in [0.25, 0.3) is 10.8 Å². The van der Waals surface area contributed by atoms with Crippen molar-refractivity contribution in [2.45, 2.75) is 0 Å². The van der Waals surface area contributed by atoms with Crippen LogP contribution in [0.3, 0.4) is 0 Å². The number of aromatic carboxylic acids is 1. The summed E-state index contributed by atoms with van der Waals surface area (Å²) in [7, 11) is 1.46. The van der Waals surface area contributed by atoms with E-state index in [4.69, 9.17) is 27.9 Å². The van der Waals surface area contributed by atoms with Crippen molar-refractivity contribution in [1.82, 2.24) is 0 Å². The number of hydrogen-bond acceptors (Lipinski definition) is 3. The molecule has 0 aromatic heterocycles. The molecule has 0 aliphatic rings. The van der Waals surface area contributed by atoms with Crippen molar-refractivity contribution in [3.05, 3.63) is 68.1 Å². The number of rotatable bonds is 4. The Morgan fingerprint density at radius 1 is 1.07 bits per heavy atom. The van der Waals surface area contributed by atoms with Crippen LogP contribution in [0.5, 0.6) is 5.75 Å². The molecule has 0 bridgehead atoms. The van der Waals surface area contributed by atoms with Gasteiger partial charge in [0, 0.05) is 0 Å². The molecule has 138 valence electrons. The molecule has 0 saturated carbocycles. The van der Waals surface area contributed by atoms with Gasteiger partial charge in [-0.15, -0.1) is 0 Å². The molecule has 0 aliphatic heterocycles. The predicted molar refractivity (Wildman–Crippen MR) is 110 cm³/mol. The van der Waals surface area contributed by atoms with Crippen molar-refractivity contribution in [3.63, 3.8) is 0 Å².